The number of ether oxygens (including phenoxy) is 2. The molecule has 0 heterocycles. The van der Waals surface area contributed by atoms with Gasteiger partial charge in [0.25, 0.3) is 0 Å². The molecule has 30 heavy (non-hydrogen) atoms. The molecule has 0 aliphatic heterocycles. The third-order valence-electron chi connectivity index (χ3n) is 5.45. The first kappa shape index (κ1) is 23.7. The summed E-state index contributed by atoms with van der Waals surface area (Å²) in [4.78, 5) is 24.1. The summed E-state index contributed by atoms with van der Waals surface area (Å²) in [6.07, 6.45) is 1.85. The highest BCUT2D eigenvalue weighted by atomic mass is 16.5. The highest BCUT2D eigenvalue weighted by Crippen LogP contribution is 2.19. The van der Waals surface area contributed by atoms with Gasteiger partial charge in [0.15, 0.2) is 0 Å². The van der Waals surface area contributed by atoms with E-state index < -0.39 is 0 Å². The third kappa shape index (κ3) is 7.01. The normalized spacial score (nSPS) is 10.7. The molecule has 0 saturated carbocycles. The zero-order chi connectivity index (χ0) is 22.3. The maximum absolute atomic E-state index is 12.0. The zero-order valence-electron chi connectivity index (χ0n) is 19.2. The van der Waals surface area contributed by atoms with Gasteiger partial charge in [0, 0.05) is 12.8 Å². The Balaban J connectivity index is 1.67. The average Bonchev–Trinajstić information content (AvgIpc) is 2.63. The van der Waals surface area contributed by atoms with E-state index in [1.54, 1.807) is 0 Å². The van der Waals surface area contributed by atoms with Crippen molar-refractivity contribution in [1.29, 1.82) is 0 Å². The molecule has 2 rings (SSSR count). The SMILES string of the molecule is Cc1cc(C)c(COC(=O)CCCCC(=O)OCc2c(C)cc(C)cc2C)c(C)c1. The lowest BCUT2D eigenvalue weighted by Gasteiger charge is -2.12. The van der Waals surface area contributed by atoms with Crippen LogP contribution in [0.25, 0.3) is 0 Å². The van der Waals surface area contributed by atoms with E-state index in [-0.39, 0.29) is 11.9 Å². The van der Waals surface area contributed by atoms with Crippen LogP contribution >= 0.6 is 0 Å². The highest BCUT2D eigenvalue weighted by Gasteiger charge is 2.11. The number of hydrogen-bond donors (Lipinski definition) is 0. The molecular weight excluding hydrogens is 376 g/mol. The van der Waals surface area contributed by atoms with Gasteiger partial charge in [-0.25, -0.2) is 0 Å². The number of aryl methyl sites for hydroxylation is 6. The van der Waals surface area contributed by atoms with E-state index in [4.69, 9.17) is 9.47 Å². The molecule has 0 unspecified atom stereocenters. The molecule has 0 saturated heterocycles. The molecule has 0 atom stereocenters. The molecule has 0 aromatic heterocycles. The van der Waals surface area contributed by atoms with E-state index in [0.29, 0.717) is 38.9 Å². The van der Waals surface area contributed by atoms with Crippen molar-refractivity contribution in [3.8, 4) is 0 Å². The molecule has 0 aliphatic carbocycles. The summed E-state index contributed by atoms with van der Waals surface area (Å²) >= 11 is 0. The van der Waals surface area contributed by atoms with Gasteiger partial charge in [-0.3, -0.25) is 9.59 Å². The molecule has 4 nitrogen and oxygen atoms in total. The predicted octanol–water partition coefficient (Wildman–Crippen LogP) is 5.88. The van der Waals surface area contributed by atoms with Crippen LogP contribution in [0.2, 0.25) is 0 Å². The Kier molecular flexibility index (Phi) is 8.64. The van der Waals surface area contributed by atoms with Gasteiger partial charge in [0.1, 0.15) is 13.2 Å². The van der Waals surface area contributed by atoms with Crippen LogP contribution in [0, 0.1) is 41.5 Å². The third-order valence-corrected chi connectivity index (χ3v) is 5.45. The van der Waals surface area contributed by atoms with E-state index >= 15 is 0 Å². The van der Waals surface area contributed by atoms with E-state index in [1.165, 1.54) is 11.1 Å². The zero-order valence-corrected chi connectivity index (χ0v) is 19.2. The number of benzene rings is 2. The number of carbonyl (C=O) groups is 2. The van der Waals surface area contributed by atoms with Gasteiger partial charge in [-0.2, -0.15) is 0 Å². The fourth-order valence-corrected chi connectivity index (χ4v) is 3.86. The Morgan fingerprint density at radius 3 is 1.20 bits per heavy atom. The largest absolute Gasteiger partial charge is 0.461 e. The predicted molar refractivity (Wildman–Crippen MR) is 119 cm³/mol. The molecule has 4 heteroatoms. The van der Waals surface area contributed by atoms with Crippen molar-refractivity contribution in [2.45, 2.75) is 80.4 Å². The Hall–Kier alpha value is -2.62. The van der Waals surface area contributed by atoms with Gasteiger partial charge >= 0.3 is 11.9 Å². The summed E-state index contributed by atoms with van der Waals surface area (Å²) in [7, 11) is 0. The van der Waals surface area contributed by atoms with Crippen molar-refractivity contribution in [2.24, 2.45) is 0 Å². The van der Waals surface area contributed by atoms with Gasteiger partial charge in [-0.05, 0) is 87.8 Å². The lowest BCUT2D eigenvalue weighted by Crippen LogP contribution is -2.08. The second kappa shape index (κ2) is 11.0. The minimum absolute atomic E-state index is 0.228. The second-order valence-corrected chi connectivity index (χ2v) is 8.28. The van der Waals surface area contributed by atoms with Crippen LogP contribution in [-0.4, -0.2) is 11.9 Å². The first-order valence-electron chi connectivity index (χ1n) is 10.6. The number of rotatable bonds is 9. The van der Waals surface area contributed by atoms with E-state index in [9.17, 15) is 9.59 Å². The van der Waals surface area contributed by atoms with Gasteiger partial charge in [-0.15, -0.1) is 0 Å². The van der Waals surface area contributed by atoms with Crippen molar-refractivity contribution < 1.29 is 19.1 Å². The van der Waals surface area contributed by atoms with Crippen LogP contribution < -0.4 is 0 Å². The summed E-state index contributed by atoms with van der Waals surface area (Å²) in [5, 5.41) is 0. The minimum atomic E-state index is -0.228. The van der Waals surface area contributed by atoms with E-state index in [1.807, 2.05) is 27.7 Å². The van der Waals surface area contributed by atoms with Crippen molar-refractivity contribution in [3.63, 3.8) is 0 Å². The Morgan fingerprint density at radius 2 is 0.900 bits per heavy atom. The van der Waals surface area contributed by atoms with Crippen molar-refractivity contribution in [1.82, 2.24) is 0 Å². The molecular formula is C26H34O4. The van der Waals surface area contributed by atoms with Crippen molar-refractivity contribution in [3.05, 3.63) is 68.8 Å². The van der Waals surface area contributed by atoms with E-state index in [0.717, 1.165) is 33.4 Å². The number of carbonyl (C=O) groups excluding carboxylic acids is 2. The number of esters is 2. The fraction of sp³-hybridized carbons (Fsp3) is 0.462. The Labute approximate surface area is 180 Å². The summed E-state index contributed by atoms with van der Waals surface area (Å²) in [5.41, 5.74) is 9.12. The van der Waals surface area contributed by atoms with Crippen LogP contribution in [0.5, 0.6) is 0 Å². The quantitative estimate of drug-likeness (QED) is 0.382. The first-order chi connectivity index (χ1) is 14.2. The maximum Gasteiger partial charge on any atom is 0.306 e. The molecule has 0 radical (unpaired) electrons. The van der Waals surface area contributed by atoms with Crippen molar-refractivity contribution in [2.75, 3.05) is 0 Å². The van der Waals surface area contributed by atoms with Crippen LogP contribution in [0.3, 0.4) is 0 Å². The topological polar surface area (TPSA) is 52.6 Å². The molecule has 2 aromatic rings. The van der Waals surface area contributed by atoms with Crippen LogP contribution in [0.15, 0.2) is 24.3 Å². The Bertz CT molecular complexity index is 790. The van der Waals surface area contributed by atoms with E-state index in [2.05, 4.69) is 38.1 Å². The van der Waals surface area contributed by atoms with Crippen molar-refractivity contribution >= 4 is 11.9 Å². The summed E-state index contributed by atoms with van der Waals surface area (Å²) in [6, 6.07) is 8.39. The molecule has 0 aliphatic rings. The summed E-state index contributed by atoms with van der Waals surface area (Å²) in [5.74, 6) is -0.456. The number of hydrogen-bond acceptors (Lipinski definition) is 4. The van der Waals surface area contributed by atoms with Gasteiger partial charge in [0.2, 0.25) is 0 Å². The first-order valence-corrected chi connectivity index (χ1v) is 10.6. The van der Waals surface area contributed by atoms with Crippen LogP contribution in [0.4, 0.5) is 0 Å². The van der Waals surface area contributed by atoms with Gasteiger partial charge in [-0.1, -0.05) is 35.4 Å². The molecule has 162 valence electrons. The molecule has 0 spiro atoms. The molecule has 0 amide bonds. The highest BCUT2D eigenvalue weighted by molar-refractivity contribution is 5.70. The summed E-state index contributed by atoms with van der Waals surface area (Å²) < 4.78 is 10.8. The lowest BCUT2D eigenvalue weighted by atomic mass is 10.0. The Morgan fingerprint density at radius 1 is 0.600 bits per heavy atom. The minimum Gasteiger partial charge on any atom is -0.461 e. The fourth-order valence-electron chi connectivity index (χ4n) is 3.86. The summed E-state index contributed by atoms with van der Waals surface area (Å²) in [6.45, 7) is 12.9. The standard InChI is InChI=1S/C26H34O4/c1-17-11-19(3)23(20(4)12-17)15-29-25(27)9-7-8-10-26(28)30-16-24-21(5)13-18(2)14-22(24)6/h11-14H,7-10,15-16H2,1-6H3. The molecule has 2 aromatic carbocycles. The maximum atomic E-state index is 12.0. The average molecular weight is 411 g/mol. The molecule has 0 bridgehead atoms. The second-order valence-electron chi connectivity index (χ2n) is 8.28. The molecule has 0 N–H and O–H groups in total. The van der Waals surface area contributed by atoms with Gasteiger partial charge in [0.05, 0.1) is 0 Å². The monoisotopic (exact) mass is 410 g/mol. The van der Waals surface area contributed by atoms with Crippen LogP contribution in [-0.2, 0) is 32.3 Å². The van der Waals surface area contributed by atoms with Gasteiger partial charge < -0.3 is 9.47 Å². The smallest absolute Gasteiger partial charge is 0.306 e. The lowest BCUT2D eigenvalue weighted by molar-refractivity contribution is -0.147. The number of unbranched alkanes of at least 4 members (excludes halogenated alkanes) is 1. The molecule has 0 fully saturated rings. The van der Waals surface area contributed by atoms with Crippen LogP contribution in [0.1, 0.15) is 70.2 Å².